The van der Waals surface area contributed by atoms with Crippen molar-refractivity contribution < 1.29 is 31.5 Å². The largest absolute Gasteiger partial charge is 0.408 e. The maximum absolute atomic E-state index is 13.4. The lowest BCUT2D eigenvalue weighted by atomic mass is 9.91. The molecule has 1 N–H and O–H groups in total. The number of imidazole rings is 1. The van der Waals surface area contributed by atoms with Gasteiger partial charge in [0.1, 0.15) is 17.4 Å². The van der Waals surface area contributed by atoms with Crippen LogP contribution in [0.2, 0.25) is 0 Å². The molecule has 0 aromatic carbocycles. The number of hydrogen-bond donors (Lipinski definition) is 1. The zero-order valence-corrected chi connectivity index (χ0v) is 13.3. The fourth-order valence-corrected chi connectivity index (χ4v) is 3.03. The standard InChI is InChI=1S/C15H15F5N4O2/c16-13(17)10-11(24-4-3-21-7-9(24)22-10)14(25)23-12(15(18,19)20)8-1-5-26-6-2-8/h3-4,7-8,12-13H,1-2,5-6H2,(H,23,25). The maximum Gasteiger partial charge on any atom is 0.408 e. The summed E-state index contributed by atoms with van der Waals surface area (Å²) < 4.78 is 72.9. The molecule has 1 amide bonds. The van der Waals surface area contributed by atoms with E-state index in [2.05, 4.69) is 9.97 Å². The van der Waals surface area contributed by atoms with Crippen LogP contribution in [0.25, 0.3) is 5.65 Å². The van der Waals surface area contributed by atoms with E-state index in [0.717, 1.165) is 10.6 Å². The van der Waals surface area contributed by atoms with Crippen molar-refractivity contribution in [1.82, 2.24) is 19.7 Å². The van der Waals surface area contributed by atoms with Gasteiger partial charge in [0.15, 0.2) is 5.65 Å². The van der Waals surface area contributed by atoms with Crippen LogP contribution >= 0.6 is 0 Å². The molecule has 1 aliphatic rings. The average molecular weight is 378 g/mol. The molecule has 11 heteroatoms. The van der Waals surface area contributed by atoms with Crippen molar-refractivity contribution in [1.29, 1.82) is 0 Å². The molecular weight excluding hydrogens is 363 g/mol. The number of nitrogens with zero attached hydrogens (tertiary/aromatic N) is 3. The number of amides is 1. The van der Waals surface area contributed by atoms with Gasteiger partial charge in [0.2, 0.25) is 0 Å². The van der Waals surface area contributed by atoms with Crippen LogP contribution in [0.4, 0.5) is 22.0 Å². The summed E-state index contributed by atoms with van der Waals surface area (Å²) in [7, 11) is 0. The van der Waals surface area contributed by atoms with E-state index in [1.165, 1.54) is 12.4 Å². The number of nitrogens with one attached hydrogen (secondary N) is 1. The lowest BCUT2D eigenvalue weighted by molar-refractivity contribution is -0.171. The fraction of sp³-hybridized carbons (Fsp3) is 0.533. The Kier molecular flexibility index (Phi) is 5.08. The molecule has 1 fully saturated rings. The summed E-state index contributed by atoms with van der Waals surface area (Å²) in [6.07, 6.45) is -4.05. The second-order valence-corrected chi connectivity index (χ2v) is 5.89. The Morgan fingerprint density at radius 3 is 2.62 bits per heavy atom. The van der Waals surface area contributed by atoms with Gasteiger partial charge in [-0.15, -0.1) is 0 Å². The highest BCUT2D eigenvalue weighted by Gasteiger charge is 2.46. The maximum atomic E-state index is 13.4. The third-order valence-electron chi connectivity index (χ3n) is 4.26. The Balaban J connectivity index is 1.95. The van der Waals surface area contributed by atoms with Crippen molar-refractivity contribution in [2.45, 2.75) is 31.5 Å². The summed E-state index contributed by atoms with van der Waals surface area (Å²) in [6.45, 7) is 0.299. The summed E-state index contributed by atoms with van der Waals surface area (Å²) in [4.78, 5) is 19.8. The zero-order valence-electron chi connectivity index (χ0n) is 13.3. The monoisotopic (exact) mass is 378 g/mol. The van der Waals surface area contributed by atoms with Gasteiger partial charge in [-0.1, -0.05) is 0 Å². The number of carbonyl (C=O) groups excluding carboxylic acids is 1. The number of rotatable bonds is 4. The van der Waals surface area contributed by atoms with Gasteiger partial charge in [0.05, 0.1) is 6.20 Å². The molecule has 0 aliphatic carbocycles. The average Bonchev–Trinajstić information content (AvgIpc) is 2.99. The van der Waals surface area contributed by atoms with E-state index in [1.54, 1.807) is 0 Å². The van der Waals surface area contributed by atoms with E-state index in [0.29, 0.717) is 0 Å². The van der Waals surface area contributed by atoms with Crippen molar-refractivity contribution >= 4 is 11.6 Å². The topological polar surface area (TPSA) is 68.5 Å². The van der Waals surface area contributed by atoms with Crippen molar-refractivity contribution in [2.24, 2.45) is 5.92 Å². The molecule has 1 atom stereocenters. The van der Waals surface area contributed by atoms with Gasteiger partial charge in [-0.05, 0) is 18.8 Å². The summed E-state index contributed by atoms with van der Waals surface area (Å²) in [6, 6.07) is -2.16. The van der Waals surface area contributed by atoms with Crippen molar-refractivity contribution in [2.75, 3.05) is 13.2 Å². The second-order valence-electron chi connectivity index (χ2n) is 5.89. The molecule has 3 heterocycles. The highest BCUT2D eigenvalue weighted by Crippen LogP contribution is 2.32. The normalized spacial score (nSPS) is 17.6. The quantitative estimate of drug-likeness (QED) is 0.831. The molecule has 1 unspecified atom stereocenters. The summed E-state index contributed by atoms with van der Waals surface area (Å²) >= 11 is 0. The van der Waals surface area contributed by atoms with Crippen LogP contribution in [0.5, 0.6) is 0 Å². The Hall–Kier alpha value is -2.30. The Labute approximate surface area is 144 Å². The minimum atomic E-state index is -4.72. The van der Waals surface area contributed by atoms with Crippen LogP contribution in [0.1, 0.15) is 35.4 Å². The van der Waals surface area contributed by atoms with Crippen molar-refractivity contribution in [3.05, 3.63) is 30.0 Å². The first-order valence-corrected chi connectivity index (χ1v) is 7.84. The molecule has 2 aromatic rings. The smallest absolute Gasteiger partial charge is 0.381 e. The van der Waals surface area contributed by atoms with Gasteiger partial charge < -0.3 is 10.1 Å². The number of halogens is 5. The van der Waals surface area contributed by atoms with E-state index in [-0.39, 0.29) is 31.7 Å². The molecule has 1 saturated heterocycles. The summed E-state index contributed by atoms with van der Waals surface area (Å²) in [5, 5.41) is 1.88. The molecule has 0 saturated carbocycles. The number of carbonyl (C=O) groups is 1. The zero-order chi connectivity index (χ0) is 18.9. The third kappa shape index (κ3) is 3.62. The fourth-order valence-electron chi connectivity index (χ4n) is 3.03. The van der Waals surface area contributed by atoms with Gasteiger partial charge in [0, 0.05) is 25.6 Å². The van der Waals surface area contributed by atoms with E-state index in [4.69, 9.17) is 4.74 Å². The number of alkyl halides is 5. The predicted molar refractivity (Wildman–Crippen MR) is 78.8 cm³/mol. The van der Waals surface area contributed by atoms with Crippen molar-refractivity contribution in [3.8, 4) is 0 Å². The molecule has 142 valence electrons. The van der Waals surface area contributed by atoms with Gasteiger partial charge in [-0.3, -0.25) is 14.2 Å². The number of ether oxygens (including phenoxy) is 1. The van der Waals surface area contributed by atoms with Gasteiger partial charge in [0.25, 0.3) is 12.3 Å². The van der Waals surface area contributed by atoms with E-state index >= 15 is 0 Å². The molecule has 2 aromatic heterocycles. The van der Waals surface area contributed by atoms with Gasteiger partial charge in [-0.25, -0.2) is 13.8 Å². The molecule has 3 rings (SSSR count). The number of hydrogen-bond acceptors (Lipinski definition) is 4. The second kappa shape index (κ2) is 7.14. The predicted octanol–water partition coefficient (Wildman–Crippen LogP) is 2.75. The molecule has 6 nitrogen and oxygen atoms in total. The molecule has 0 bridgehead atoms. The van der Waals surface area contributed by atoms with Crippen molar-refractivity contribution in [3.63, 3.8) is 0 Å². The van der Waals surface area contributed by atoms with Crippen LogP contribution in [0.3, 0.4) is 0 Å². The lowest BCUT2D eigenvalue weighted by Gasteiger charge is -2.32. The Bertz CT molecular complexity index is 786. The first-order valence-electron chi connectivity index (χ1n) is 7.84. The lowest BCUT2D eigenvalue weighted by Crippen LogP contribution is -2.51. The minimum absolute atomic E-state index is 0.0532. The molecule has 26 heavy (non-hydrogen) atoms. The number of aromatic nitrogens is 3. The third-order valence-corrected chi connectivity index (χ3v) is 4.26. The Morgan fingerprint density at radius 2 is 2.00 bits per heavy atom. The van der Waals surface area contributed by atoms with Crippen LogP contribution in [-0.2, 0) is 4.74 Å². The van der Waals surface area contributed by atoms with Crippen LogP contribution in [-0.4, -0.2) is 45.7 Å². The first kappa shape index (κ1) is 18.5. The van der Waals surface area contributed by atoms with Crippen LogP contribution in [0, 0.1) is 5.92 Å². The SMILES string of the molecule is O=C(NC(C1CCOCC1)C(F)(F)F)c1c(C(F)F)nc2cnccn12. The first-order chi connectivity index (χ1) is 12.3. The minimum Gasteiger partial charge on any atom is -0.381 e. The highest BCUT2D eigenvalue weighted by atomic mass is 19.4. The molecular formula is C15H15F5N4O2. The summed E-state index contributed by atoms with van der Waals surface area (Å²) in [5.41, 5.74) is -1.57. The van der Waals surface area contributed by atoms with Gasteiger partial charge >= 0.3 is 6.18 Å². The van der Waals surface area contributed by atoms with E-state index in [9.17, 15) is 26.7 Å². The molecule has 1 aliphatic heterocycles. The molecule has 0 spiro atoms. The summed E-state index contributed by atoms with van der Waals surface area (Å²) in [5.74, 6) is -2.14. The van der Waals surface area contributed by atoms with Gasteiger partial charge in [-0.2, -0.15) is 13.2 Å². The van der Waals surface area contributed by atoms with Crippen LogP contribution < -0.4 is 5.32 Å². The van der Waals surface area contributed by atoms with Crippen LogP contribution in [0.15, 0.2) is 18.6 Å². The van der Waals surface area contributed by atoms with E-state index < -0.39 is 41.9 Å². The molecule has 0 radical (unpaired) electrons. The Morgan fingerprint density at radius 1 is 1.31 bits per heavy atom. The highest BCUT2D eigenvalue weighted by molar-refractivity contribution is 5.95. The van der Waals surface area contributed by atoms with E-state index in [1.807, 2.05) is 5.32 Å². The number of fused-ring (bicyclic) bond motifs is 1.